The highest BCUT2D eigenvalue weighted by Gasteiger charge is 2.05. The van der Waals surface area contributed by atoms with Crippen LogP contribution >= 0.6 is 11.8 Å². The zero-order chi connectivity index (χ0) is 8.27. The van der Waals surface area contributed by atoms with Crippen molar-refractivity contribution in [3.63, 3.8) is 0 Å². The number of aromatic nitrogens is 2. The molecule has 0 spiro atoms. The van der Waals surface area contributed by atoms with Gasteiger partial charge in [0.2, 0.25) is 0 Å². The van der Waals surface area contributed by atoms with Crippen LogP contribution in [-0.4, -0.2) is 26.5 Å². The minimum Gasteiger partial charge on any atom is -0.395 e. The first-order valence-corrected chi connectivity index (χ1v) is 4.37. The van der Waals surface area contributed by atoms with Gasteiger partial charge in [0, 0.05) is 24.7 Å². The van der Waals surface area contributed by atoms with Gasteiger partial charge in [0.1, 0.15) is 0 Å². The van der Waals surface area contributed by atoms with Crippen LogP contribution in [0.5, 0.6) is 0 Å². The van der Waals surface area contributed by atoms with Gasteiger partial charge in [0.25, 0.3) is 0 Å². The Hall–Kier alpha value is -0.480. The van der Waals surface area contributed by atoms with Gasteiger partial charge < -0.3 is 9.67 Å². The molecular weight excluding hydrogens is 160 g/mol. The highest BCUT2D eigenvalue weighted by Crippen LogP contribution is 2.19. The lowest BCUT2D eigenvalue weighted by atomic mass is 10.5. The molecule has 1 aromatic rings. The predicted molar refractivity (Wildman–Crippen MR) is 45.6 cm³/mol. The molecule has 0 saturated heterocycles. The van der Waals surface area contributed by atoms with E-state index in [-0.39, 0.29) is 11.9 Å². The van der Waals surface area contributed by atoms with Crippen LogP contribution in [0, 0.1) is 0 Å². The van der Waals surface area contributed by atoms with E-state index in [9.17, 15) is 0 Å². The molecule has 0 saturated carbocycles. The highest BCUT2D eigenvalue weighted by molar-refractivity contribution is 7.99. The van der Waals surface area contributed by atoms with Crippen LogP contribution in [0.3, 0.4) is 0 Å². The van der Waals surface area contributed by atoms with E-state index in [1.807, 2.05) is 24.7 Å². The van der Waals surface area contributed by atoms with E-state index < -0.39 is 0 Å². The second-order valence-corrected chi connectivity index (χ2v) is 3.84. The third kappa shape index (κ3) is 2.24. The van der Waals surface area contributed by atoms with Gasteiger partial charge in [-0.2, -0.15) is 0 Å². The van der Waals surface area contributed by atoms with E-state index in [4.69, 9.17) is 5.11 Å². The first kappa shape index (κ1) is 8.62. The largest absolute Gasteiger partial charge is 0.395 e. The fourth-order valence-corrected chi connectivity index (χ4v) is 1.47. The van der Waals surface area contributed by atoms with Crippen LogP contribution in [0.1, 0.15) is 6.92 Å². The number of hydrogen-bond acceptors (Lipinski definition) is 3. The van der Waals surface area contributed by atoms with Crippen LogP contribution in [-0.2, 0) is 7.05 Å². The summed E-state index contributed by atoms with van der Waals surface area (Å²) in [5.74, 6) is 0. The quantitative estimate of drug-likeness (QED) is 0.688. The second kappa shape index (κ2) is 3.78. The Bertz CT molecular complexity index is 224. The zero-order valence-electron chi connectivity index (χ0n) is 6.69. The Labute approximate surface area is 70.4 Å². The van der Waals surface area contributed by atoms with Gasteiger partial charge in [0.05, 0.1) is 6.61 Å². The van der Waals surface area contributed by atoms with Crippen molar-refractivity contribution in [2.24, 2.45) is 7.05 Å². The van der Waals surface area contributed by atoms with E-state index in [0.29, 0.717) is 0 Å². The van der Waals surface area contributed by atoms with Crippen molar-refractivity contribution in [3.8, 4) is 0 Å². The van der Waals surface area contributed by atoms with E-state index in [1.165, 1.54) is 0 Å². The van der Waals surface area contributed by atoms with Crippen molar-refractivity contribution in [1.29, 1.82) is 0 Å². The number of aliphatic hydroxyl groups excluding tert-OH is 1. The molecule has 62 valence electrons. The molecule has 0 bridgehead atoms. The van der Waals surface area contributed by atoms with Crippen LogP contribution in [0.4, 0.5) is 0 Å². The summed E-state index contributed by atoms with van der Waals surface area (Å²) in [4.78, 5) is 4.12. The van der Waals surface area contributed by atoms with E-state index in [0.717, 1.165) is 5.16 Å². The maximum absolute atomic E-state index is 8.77. The molecule has 0 aromatic carbocycles. The van der Waals surface area contributed by atoms with Gasteiger partial charge >= 0.3 is 0 Å². The lowest BCUT2D eigenvalue weighted by molar-refractivity contribution is 0.300. The van der Waals surface area contributed by atoms with Crippen LogP contribution in [0.25, 0.3) is 0 Å². The molecule has 0 aliphatic carbocycles. The molecule has 1 heterocycles. The first-order valence-electron chi connectivity index (χ1n) is 3.49. The Morgan fingerprint density at radius 2 is 2.55 bits per heavy atom. The Balaban J connectivity index is 2.56. The molecule has 1 aromatic heterocycles. The summed E-state index contributed by atoms with van der Waals surface area (Å²) < 4.78 is 1.94. The van der Waals surface area contributed by atoms with Crippen LogP contribution in [0.2, 0.25) is 0 Å². The van der Waals surface area contributed by atoms with Gasteiger partial charge in [-0.25, -0.2) is 4.98 Å². The molecule has 4 heteroatoms. The molecule has 0 fully saturated rings. The van der Waals surface area contributed by atoms with Crippen molar-refractivity contribution in [3.05, 3.63) is 12.4 Å². The Morgan fingerprint density at radius 3 is 3.00 bits per heavy atom. The molecular formula is C7H12N2OS. The number of hydrogen-bond donors (Lipinski definition) is 1. The fraction of sp³-hybridized carbons (Fsp3) is 0.571. The van der Waals surface area contributed by atoms with Gasteiger partial charge in [-0.05, 0) is 0 Å². The van der Waals surface area contributed by atoms with Gasteiger partial charge in [-0.3, -0.25) is 0 Å². The summed E-state index contributed by atoms with van der Waals surface area (Å²) in [5.41, 5.74) is 0. The lowest BCUT2D eigenvalue weighted by Crippen LogP contribution is -2.03. The molecule has 1 N–H and O–H groups in total. The standard InChI is InChI=1S/C7H12N2OS/c1-6(5-10)11-7-8-3-4-9(7)2/h3-4,6,10H,5H2,1-2H3. The summed E-state index contributed by atoms with van der Waals surface area (Å²) in [5, 5.41) is 9.94. The molecule has 0 aliphatic rings. The van der Waals surface area contributed by atoms with E-state index in [2.05, 4.69) is 4.98 Å². The SMILES string of the molecule is CC(CO)Sc1nccn1C. The first-order chi connectivity index (χ1) is 5.24. The molecule has 1 atom stereocenters. The topological polar surface area (TPSA) is 38.1 Å². The summed E-state index contributed by atoms with van der Waals surface area (Å²) in [6.07, 6.45) is 3.65. The number of thioether (sulfide) groups is 1. The third-order valence-electron chi connectivity index (χ3n) is 1.34. The average molecular weight is 172 g/mol. The highest BCUT2D eigenvalue weighted by atomic mass is 32.2. The second-order valence-electron chi connectivity index (χ2n) is 2.43. The number of aryl methyl sites for hydroxylation is 1. The van der Waals surface area contributed by atoms with Crippen molar-refractivity contribution in [1.82, 2.24) is 9.55 Å². The Kier molecular flexibility index (Phi) is 2.96. The van der Waals surface area contributed by atoms with Crippen molar-refractivity contribution in [2.75, 3.05) is 6.61 Å². The minimum atomic E-state index is 0.192. The summed E-state index contributed by atoms with van der Waals surface area (Å²) in [6.45, 7) is 2.16. The summed E-state index contributed by atoms with van der Waals surface area (Å²) >= 11 is 1.58. The van der Waals surface area contributed by atoms with Gasteiger partial charge in [-0.15, -0.1) is 0 Å². The minimum absolute atomic E-state index is 0.192. The lowest BCUT2D eigenvalue weighted by Gasteiger charge is -2.05. The van der Waals surface area contributed by atoms with Crippen LogP contribution < -0.4 is 0 Å². The maximum atomic E-state index is 8.77. The number of nitrogens with zero attached hydrogens (tertiary/aromatic N) is 2. The van der Waals surface area contributed by atoms with Crippen LogP contribution in [0.15, 0.2) is 17.6 Å². The molecule has 0 aliphatic heterocycles. The third-order valence-corrected chi connectivity index (χ3v) is 2.50. The number of imidazole rings is 1. The van der Waals surface area contributed by atoms with Crippen molar-refractivity contribution < 1.29 is 5.11 Å². The number of rotatable bonds is 3. The molecule has 3 nitrogen and oxygen atoms in total. The molecule has 1 rings (SSSR count). The molecule has 0 radical (unpaired) electrons. The molecule has 0 amide bonds. The van der Waals surface area contributed by atoms with Crippen molar-refractivity contribution >= 4 is 11.8 Å². The smallest absolute Gasteiger partial charge is 0.168 e. The monoisotopic (exact) mass is 172 g/mol. The predicted octanol–water partition coefficient (Wildman–Crippen LogP) is 0.893. The molecule has 11 heavy (non-hydrogen) atoms. The Morgan fingerprint density at radius 1 is 1.82 bits per heavy atom. The van der Waals surface area contributed by atoms with Gasteiger partial charge in [-0.1, -0.05) is 18.7 Å². The maximum Gasteiger partial charge on any atom is 0.168 e. The van der Waals surface area contributed by atoms with E-state index in [1.54, 1.807) is 18.0 Å². The normalized spacial score (nSPS) is 13.4. The van der Waals surface area contributed by atoms with Gasteiger partial charge in [0.15, 0.2) is 5.16 Å². The zero-order valence-corrected chi connectivity index (χ0v) is 7.51. The summed E-state index contributed by atoms with van der Waals surface area (Å²) in [6, 6.07) is 0. The molecule has 1 unspecified atom stereocenters. The fourth-order valence-electron chi connectivity index (χ4n) is 0.683. The van der Waals surface area contributed by atoms with Crippen molar-refractivity contribution in [2.45, 2.75) is 17.3 Å². The average Bonchev–Trinajstić information content (AvgIpc) is 2.37. The summed E-state index contributed by atoms with van der Waals surface area (Å²) in [7, 11) is 1.94. The number of aliphatic hydroxyl groups is 1. The van der Waals surface area contributed by atoms with E-state index >= 15 is 0 Å².